The number of rotatable bonds is 0. The Hall–Kier alpha value is -0.120. The Kier molecular flexibility index (Phi) is 1.41. The minimum atomic E-state index is 0.582. The van der Waals surface area contributed by atoms with Crippen LogP contribution in [0.3, 0.4) is 0 Å². The van der Waals surface area contributed by atoms with Crippen LogP contribution in [0.5, 0.6) is 0 Å². The first-order chi connectivity index (χ1) is 4.47. The fraction of sp³-hybridized carbons (Fsp3) is 1.00. The Labute approximate surface area is 54.8 Å². The van der Waals surface area contributed by atoms with Crippen LogP contribution in [0.1, 0.15) is 0 Å². The SMILES string of the molecule is C1CN[C@@H]2COCC2N1. The summed E-state index contributed by atoms with van der Waals surface area (Å²) < 4.78 is 5.27. The number of ether oxygens (including phenoxy) is 1. The van der Waals surface area contributed by atoms with Crippen LogP contribution >= 0.6 is 0 Å². The molecule has 2 saturated heterocycles. The van der Waals surface area contributed by atoms with E-state index in [2.05, 4.69) is 10.6 Å². The second-order valence-electron chi connectivity index (χ2n) is 2.66. The van der Waals surface area contributed by atoms with Crippen LogP contribution in [0.4, 0.5) is 0 Å². The van der Waals surface area contributed by atoms with Crippen molar-refractivity contribution in [3.05, 3.63) is 0 Å². The van der Waals surface area contributed by atoms with Gasteiger partial charge in [-0.2, -0.15) is 0 Å². The van der Waals surface area contributed by atoms with Gasteiger partial charge in [0.15, 0.2) is 0 Å². The third kappa shape index (κ3) is 0.956. The molecule has 2 fully saturated rings. The molecule has 0 spiro atoms. The van der Waals surface area contributed by atoms with E-state index in [0.717, 1.165) is 26.3 Å². The molecule has 3 nitrogen and oxygen atoms in total. The van der Waals surface area contributed by atoms with E-state index in [9.17, 15) is 0 Å². The van der Waals surface area contributed by atoms with Gasteiger partial charge < -0.3 is 15.4 Å². The smallest absolute Gasteiger partial charge is 0.0636 e. The molecule has 52 valence electrons. The molecule has 0 aromatic carbocycles. The van der Waals surface area contributed by atoms with Crippen molar-refractivity contribution in [2.75, 3.05) is 26.3 Å². The van der Waals surface area contributed by atoms with Gasteiger partial charge in [0.2, 0.25) is 0 Å². The summed E-state index contributed by atoms with van der Waals surface area (Å²) in [6, 6.07) is 1.16. The first-order valence-electron chi connectivity index (χ1n) is 3.51. The first-order valence-corrected chi connectivity index (χ1v) is 3.51. The molecular weight excluding hydrogens is 116 g/mol. The van der Waals surface area contributed by atoms with E-state index < -0.39 is 0 Å². The van der Waals surface area contributed by atoms with Crippen LogP contribution in [0.2, 0.25) is 0 Å². The van der Waals surface area contributed by atoms with Crippen LogP contribution < -0.4 is 10.6 Å². The zero-order valence-corrected chi connectivity index (χ0v) is 5.39. The molecule has 0 saturated carbocycles. The number of hydrogen-bond donors (Lipinski definition) is 2. The average Bonchev–Trinajstić information content (AvgIpc) is 2.33. The van der Waals surface area contributed by atoms with E-state index in [4.69, 9.17) is 4.74 Å². The number of nitrogens with one attached hydrogen (secondary N) is 2. The zero-order chi connectivity index (χ0) is 6.10. The molecule has 2 heterocycles. The Morgan fingerprint density at radius 2 is 1.56 bits per heavy atom. The molecule has 0 aromatic heterocycles. The van der Waals surface area contributed by atoms with Gasteiger partial charge in [-0.3, -0.25) is 0 Å². The molecule has 1 unspecified atom stereocenters. The lowest BCUT2D eigenvalue weighted by Crippen LogP contribution is -2.55. The van der Waals surface area contributed by atoms with Gasteiger partial charge in [-0.15, -0.1) is 0 Å². The molecule has 2 aliphatic rings. The molecule has 0 radical (unpaired) electrons. The van der Waals surface area contributed by atoms with Gasteiger partial charge in [0.1, 0.15) is 0 Å². The van der Waals surface area contributed by atoms with Gasteiger partial charge in [-0.05, 0) is 0 Å². The Bertz CT molecular complexity index is 95.2. The summed E-state index contributed by atoms with van der Waals surface area (Å²) in [5.41, 5.74) is 0. The van der Waals surface area contributed by atoms with Gasteiger partial charge in [0, 0.05) is 25.2 Å². The van der Waals surface area contributed by atoms with Gasteiger partial charge in [0.05, 0.1) is 13.2 Å². The second kappa shape index (κ2) is 2.25. The van der Waals surface area contributed by atoms with Gasteiger partial charge >= 0.3 is 0 Å². The maximum absolute atomic E-state index is 5.27. The van der Waals surface area contributed by atoms with E-state index in [1.807, 2.05) is 0 Å². The molecule has 3 heteroatoms. The van der Waals surface area contributed by atoms with E-state index in [1.165, 1.54) is 0 Å². The molecular formula is C6H12N2O. The van der Waals surface area contributed by atoms with Crippen molar-refractivity contribution < 1.29 is 4.74 Å². The minimum absolute atomic E-state index is 0.582. The largest absolute Gasteiger partial charge is 0.378 e. The van der Waals surface area contributed by atoms with Gasteiger partial charge in [-0.1, -0.05) is 0 Å². The van der Waals surface area contributed by atoms with Crippen molar-refractivity contribution in [2.45, 2.75) is 12.1 Å². The monoisotopic (exact) mass is 128 g/mol. The lowest BCUT2D eigenvalue weighted by Gasteiger charge is -2.25. The summed E-state index contributed by atoms with van der Waals surface area (Å²) in [5, 5.41) is 6.79. The van der Waals surface area contributed by atoms with E-state index in [0.29, 0.717) is 12.1 Å². The third-order valence-corrected chi connectivity index (χ3v) is 2.02. The summed E-state index contributed by atoms with van der Waals surface area (Å²) in [5.74, 6) is 0. The summed E-state index contributed by atoms with van der Waals surface area (Å²) in [7, 11) is 0. The van der Waals surface area contributed by atoms with Gasteiger partial charge in [0.25, 0.3) is 0 Å². The molecule has 2 atom stereocenters. The highest BCUT2D eigenvalue weighted by Crippen LogP contribution is 2.06. The minimum Gasteiger partial charge on any atom is -0.378 e. The number of piperazine rings is 1. The summed E-state index contributed by atoms with van der Waals surface area (Å²) in [6.45, 7) is 3.95. The molecule has 0 aromatic rings. The standard InChI is InChI=1S/C6H12N2O/c1-2-8-6-4-9-3-5(6)7-1/h5-8H,1-4H2/t5-,6?/m1/s1. The fourth-order valence-corrected chi connectivity index (χ4v) is 1.47. The lowest BCUT2D eigenvalue weighted by atomic mass is 10.1. The average molecular weight is 128 g/mol. The van der Waals surface area contributed by atoms with Crippen molar-refractivity contribution in [3.8, 4) is 0 Å². The maximum Gasteiger partial charge on any atom is 0.0636 e. The molecule has 2 rings (SSSR count). The fourth-order valence-electron chi connectivity index (χ4n) is 1.47. The Balaban J connectivity index is 1.97. The molecule has 2 N–H and O–H groups in total. The van der Waals surface area contributed by atoms with Crippen molar-refractivity contribution in [2.24, 2.45) is 0 Å². The number of hydrogen-bond acceptors (Lipinski definition) is 3. The number of fused-ring (bicyclic) bond motifs is 1. The van der Waals surface area contributed by atoms with Crippen LogP contribution in [0.25, 0.3) is 0 Å². The van der Waals surface area contributed by atoms with Crippen molar-refractivity contribution in [1.82, 2.24) is 10.6 Å². The predicted molar refractivity (Wildman–Crippen MR) is 34.4 cm³/mol. The summed E-state index contributed by atoms with van der Waals surface area (Å²) in [4.78, 5) is 0. The highest BCUT2D eigenvalue weighted by molar-refractivity contribution is 4.90. The van der Waals surface area contributed by atoms with E-state index in [1.54, 1.807) is 0 Å². The zero-order valence-electron chi connectivity index (χ0n) is 5.39. The normalized spacial score (nSPS) is 42.7. The third-order valence-electron chi connectivity index (χ3n) is 2.02. The maximum atomic E-state index is 5.27. The van der Waals surface area contributed by atoms with E-state index in [-0.39, 0.29) is 0 Å². The second-order valence-corrected chi connectivity index (χ2v) is 2.66. The summed E-state index contributed by atoms with van der Waals surface area (Å²) in [6.07, 6.45) is 0. The highest BCUT2D eigenvalue weighted by Gasteiger charge is 2.29. The lowest BCUT2D eigenvalue weighted by molar-refractivity contribution is 0.188. The molecule has 0 amide bonds. The molecule has 0 bridgehead atoms. The Morgan fingerprint density at radius 1 is 1.00 bits per heavy atom. The molecule has 0 aliphatic carbocycles. The quantitative estimate of drug-likeness (QED) is 0.436. The van der Waals surface area contributed by atoms with Crippen molar-refractivity contribution >= 4 is 0 Å². The first kappa shape index (κ1) is 5.65. The summed E-state index contributed by atoms with van der Waals surface area (Å²) >= 11 is 0. The van der Waals surface area contributed by atoms with Crippen molar-refractivity contribution in [3.63, 3.8) is 0 Å². The highest BCUT2D eigenvalue weighted by atomic mass is 16.5. The van der Waals surface area contributed by atoms with Crippen LogP contribution in [0, 0.1) is 0 Å². The van der Waals surface area contributed by atoms with Crippen LogP contribution in [-0.2, 0) is 4.74 Å². The van der Waals surface area contributed by atoms with Crippen LogP contribution in [0.15, 0.2) is 0 Å². The van der Waals surface area contributed by atoms with Gasteiger partial charge in [-0.25, -0.2) is 0 Å². The molecule has 2 aliphatic heterocycles. The topological polar surface area (TPSA) is 33.3 Å². The van der Waals surface area contributed by atoms with Crippen LogP contribution in [-0.4, -0.2) is 38.4 Å². The molecule has 9 heavy (non-hydrogen) atoms. The predicted octanol–water partition coefficient (Wildman–Crippen LogP) is -1.05. The Morgan fingerprint density at radius 3 is 2.11 bits per heavy atom. The van der Waals surface area contributed by atoms with E-state index >= 15 is 0 Å². The van der Waals surface area contributed by atoms with Crippen molar-refractivity contribution in [1.29, 1.82) is 0 Å².